The number of carbonyl (C=O) groups is 2. The summed E-state index contributed by atoms with van der Waals surface area (Å²) < 4.78 is 43.0. The molecule has 2 aromatic carbocycles. The molecule has 132 valence electrons. The van der Waals surface area contributed by atoms with E-state index < -0.39 is 30.2 Å². The first-order chi connectivity index (χ1) is 11.7. The molecule has 5 nitrogen and oxygen atoms in total. The molecular formula is C16H11ClF3NO4. The Bertz CT molecular complexity index is 808. The van der Waals surface area contributed by atoms with Crippen molar-refractivity contribution in [1.29, 1.82) is 0 Å². The summed E-state index contributed by atoms with van der Waals surface area (Å²) in [5.41, 5.74) is -0.972. The lowest BCUT2D eigenvalue weighted by molar-refractivity contribution is -0.137. The number of nitrogens with one attached hydrogen (secondary N) is 1. The van der Waals surface area contributed by atoms with Gasteiger partial charge in [-0.25, -0.2) is 4.79 Å². The highest BCUT2D eigenvalue weighted by atomic mass is 35.5. The Labute approximate surface area is 145 Å². The Hall–Kier alpha value is -2.74. The monoisotopic (exact) mass is 373 g/mol. The van der Waals surface area contributed by atoms with Crippen LogP contribution >= 0.6 is 11.6 Å². The molecule has 0 aliphatic rings. The van der Waals surface area contributed by atoms with E-state index in [0.29, 0.717) is 0 Å². The number of benzene rings is 2. The van der Waals surface area contributed by atoms with Crippen molar-refractivity contribution in [3.63, 3.8) is 0 Å². The lowest BCUT2D eigenvalue weighted by atomic mass is 10.2. The van der Waals surface area contributed by atoms with Gasteiger partial charge in [-0.15, -0.1) is 0 Å². The second kappa shape index (κ2) is 7.43. The highest BCUT2D eigenvalue weighted by Crippen LogP contribution is 2.30. The van der Waals surface area contributed by atoms with Crippen LogP contribution in [0.1, 0.15) is 15.9 Å². The third-order valence-electron chi connectivity index (χ3n) is 3.01. The van der Waals surface area contributed by atoms with E-state index in [-0.39, 0.29) is 22.0 Å². The summed E-state index contributed by atoms with van der Waals surface area (Å²) in [5, 5.41) is 11.1. The maximum Gasteiger partial charge on any atom is 0.416 e. The first-order valence-electron chi connectivity index (χ1n) is 6.79. The predicted octanol–water partition coefficient (Wildman–Crippen LogP) is 4.07. The minimum Gasteiger partial charge on any atom is -0.482 e. The first kappa shape index (κ1) is 18.6. The van der Waals surface area contributed by atoms with Gasteiger partial charge in [-0.1, -0.05) is 17.7 Å². The summed E-state index contributed by atoms with van der Waals surface area (Å²) in [6, 6.07) is 7.84. The molecule has 2 aromatic rings. The number of halogens is 4. The zero-order valence-electron chi connectivity index (χ0n) is 12.4. The molecule has 0 radical (unpaired) electrons. The van der Waals surface area contributed by atoms with Gasteiger partial charge in [0.15, 0.2) is 6.61 Å². The van der Waals surface area contributed by atoms with Gasteiger partial charge in [0.2, 0.25) is 0 Å². The van der Waals surface area contributed by atoms with Crippen LogP contribution in [-0.4, -0.2) is 23.6 Å². The van der Waals surface area contributed by atoms with Gasteiger partial charge >= 0.3 is 12.1 Å². The molecule has 0 heterocycles. The molecule has 0 fully saturated rings. The SMILES string of the molecule is O=C(COc1ccc(C(=O)O)cc1Cl)Nc1cccc(C(F)(F)F)c1. The number of carbonyl (C=O) groups excluding carboxylic acids is 1. The number of carboxylic acid groups (broad SMARTS) is 1. The first-order valence-corrected chi connectivity index (χ1v) is 7.17. The van der Waals surface area contributed by atoms with E-state index in [4.69, 9.17) is 21.4 Å². The van der Waals surface area contributed by atoms with Crippen molar-refractivity contribution < 1.29 is 32.6 Å². The number of amides is 1. The fourth-order valence-corrected chi connectivity index (χ4v) is 2.10. The number of carboxylic acids is 1. The fraction of sp³-hybridized carbons (Fsp3) is 0.125. The normalized spacial score (nSPS) is 11.0. The Balaban J connectivity index is 1.99. The predicted molar refractivity (Wildman–Crippen MR) is 84.0 cm³/mol. The van der Waals surface area contributed by atoms with Crippen LogP contribution in [-0.2, 0) is 11.0 Å². The molecule has 0 aromatic heterocycles. The zero-order valence-corrected chi connectivity index (χ0v) is 13.2. The van der Waals surface area contributed by atoms with Crippen molar-refractivity contribution in [1.82, 2.24) is 0 Å². The molecule has 0 aliphatic carbocycles. The second-order valence-electron chi connectivity index (χ2n) is 4.87. The van der Waals surface area contributed by atoms with Crippen molar-refractivity contribution in [3.05, 3.63) is 58.6 Å². The quantitative estimate of drug-likeness (QED) is 0.828. The molecule has 2 rings (SSSR count). The maximum atomic E-state index is 12.6. The van der Waals surface area contributed by atoms with E-state index in [1.807, 2.05) is 0 Å². The van der Waals surface area contributed by atoms with Crippen LogP contribution in [0, 0.1) is 0 Å². The zero-order chi connectivity index (χ0) is 18.6. The van der Waals surface area contributed by atoms with E-state index in [0.717, 1.165) is 18.2 Å². The van der Waals surface area contributed by atoms with Gasteiger partial charge in [0.25, 0.3) is 5.91 Å². The van der Waals surface area contributed by atoms with Crippen LogP contribution in [0.15, 0.2) is 42.5 Å². The largest absolute Gasteiger partial charge is 0.482 e. The fourth-order valence-electron chi connectivity index (χ4n) is 1.86. The van der Waals surface area contributed by atoms with Gasteiger partial charge in [-0.2, -0.15) is 13.2 Å². The average molecular weight is 374 g/mol. The molecule has 0 saturated heterocycles. The summed E-state index contributed by atoms with van der Waals surface area (Å²) >= 11 is 5.84. The Morgan fingerprint density at radius 3 is 2.48 bits per heavy atom. The van der Waals surface area contributed by atoms with Crippen LogP contribution in [0.3, 0.4) is 0 Å². The molecule has 1 amide bonds. The van der Waals surface area contributed by atoms with Crippen molar-refractivity contribution >= 4 is 29.2 Å². The molecule has 9 heteroatoms. The summed E-state index contributed by atoms with van der Waals surface area (Å²) in [7, 11) is 0. The molecule has 0 aliphatic heterocycles. The Kier molecular flexibility index (Phi) is 5.53. The number of alkyl halides is 3. The van der Waals surface area contributed by atoms with Crippen molar-refractivity contribution in [2.45, 2.75) is 6.18 Å². The van der Waals surface area contributed by atoms with Gasteiger partial charge in [0.1, 0.15) is 5.75 Å². The highest BCUT2D eigenvalue weighted by molar-refractivity contribution is 6.32. The van der Waals surface area contributed by atoms with E-state index in [9.17, 15) is 22.8 Å². The number of ether oxygens (including phenoxy) is 1. The van der Waals surface area contributed by atoms with Crippen molar-refractivity contribution in [2.75, 3.05) is 11.9 Å². The van der Waals surface area contributed by atoms with Gasteiger partial charge in [0, 0.05) is 5.69 Å². The van der Waals surface area contributed by atoms with Gasteiger partial charge in [-0.05, 0) is 36.4 Å². The topological polar surface area (TPSA) is 75.6 Å². The average Bonchev–Trinajstić information content (AvgIpc) is 2.53. The van der Waals surface area contributed by atoms with Crippen molar-refractivity contribution in [2.24, 2.45) is 0 Å². The maximum absolute atomic E-state index is 12.6. The number of hydrogen-bond donors (Lipinski definition) is 2. The van der Waals surface area contributed by atoms with Crippen LogP contribution in [0.25, 0.3) is 0 Å². The highest BCUT2D eigenvalue weighted by Gasteiger charge is 2.30. The molecule has 2 N–H and O–H groups in total. The van der Waals surface area contributed by atoms with Crippen LogP contribution in [0.5, 0.6) is 5.75 Å². The van der Waals surface area contributed by atoms with Crippen molar-refractivity contribution in [3.8, 4) is 5.75 Å². The molecule has 0 bridgehead atoms. The Morgan fingerprint density at radius 1 is 1.16 bits per heavy atom. The van der Waals surface area contributed by atoms with Crippen LogP contribution in [0.4, 0.5) is 18.9 Å². The second-order valence-corrected chi connectivity index (χ2v) is 5.27. The summed E-state index contributed by atoms with van der Waals surface area (Å²) in [5.74, 6) is -1.79. The smallest absolute Gasteiger partial charge is 0.416 e. The van der Waals surface area contributed by atoms with E-state index in [1.165, 1.54) is 24.3 Å². The number of aromatic carboxylic acids is 1. The van der Waals surface area contributed by atoms with E-state index in [2.05, 4.69) is 5.32 Å². The van der Waals surface area contributed by atoms with Gasteiger partial charge in [0.05, 0.1) is 16.1 Å². The number of rotatable bonds is 5. The summed E-state index contributed by atoms with van der Waals surface area (Å²) in [6.07, 6.45) is -4.52. The minimum absolute atomic E-state index is 0.00762. The molecular weight excluding hydrogens is 363 g/mol. The molecule has 0 unspecified atom stereocenters. The third kappa shape index (κ3) is 5.12. The number of anilines is 1. The summed E-state index contributed by atoms with van der Waals surface area (Å²) in [6.45, 7) is -0.512. The molecule has 0 spiro atoms. The molecule has 0 saturated carbocycles. The standard InChI is InChI=1S/C16H11ClF3NO4/c17-12-6-9(15(23)24)4-5-13(12)25-8-14(22)21-11-3-1-2-10(7-11)16(18,19)20/h1-7H,8H2,(H,21,22)(H,23,24). The van der Waals surface area contributed by atoms with Gasteiger partial charge in [-0.3, -0.25) is 4.79 Å². The molecule has 25 heavy (non-hydrogen) atoms. The van der Waals surface area contributed by atoms with Crippen LogP contribution < -0.4 is 10.1 Å². The number of hydrogen-bond acceptors (Lipinski definition) is 3. The minimum atomic E-state index is -4.52. The molecule has 0 atom stereocenters. The lowest BCUT2D eigenvalue weighted by Crippen LogP contribution is -2.20. The summed E-state index contributed by atoms with van der Waals surface area (Å²) in [4.78, 5) is 22.6. The van der Waals surface area contributed by atoms with E-state index in [1.54, 1.807) is 0 Å². The Morgan fingerprint density at radius 2 is 1.88 bits per heavy atom. The van der Waals surface area contributed by atoms with Gasteiger partial charge < -0.3 is 15.2 Å². The van der Waals surface area contributed by atoms with Crippen LogP contribution in [0.2, 0.25) is 5.02 Å². The van der Waals surface area contributed by atoms with E-state index >= 15 is 0 Å². The lowest BCUT2D eigenvalue weighted by Gasteiger charge is -2.11. The third-order valence-corrected chi connectivity index (χ3v) is 3.31.